The van der Waals surface area contributed by atoms with E-state index in [2.05, 4.69) is 47.3 Å². The van der Waals surface area contributed by atoms with E-state index < -0.39 is 0 Å². The average molecular weight is 259 g/mol. The summed E-state index contributed by atoms with van der Waals surface area (Å²) in [6, 6.07) is 8.85. The molecule has 0 saturated carbocycles. The van der Waals surface area contributed by atoms with Crippen molar-refractivity contribution in [2.45, 2.75) is 26.1 Å². The molecule has 0 aliphatic carbocycles. The quantitative estimate of drug-likeness (QED) is 0.912. The summed E-state index contributed by atoms with van der Waals surface area (Å²) in [5, 5.41) is 8.02. The Morgan fingerprint density at radius 3 is 3.06 bits per heavy atom. The van der Waals surface area contributed by atoms with Gasteiger partial charge in [0.05, 0.1) is 19.3 Å². The van der Waals surface area contributed by atoms with Crippen LogP contribution in [0.4, 0.5) is 0 Å². The lowest BCUT2D eigenvalue weighted by molar-refractivity contribution is 0.0817. The van der Waals surface area contributed by atoms with Gasteiger partial charge in [-0.15, -0.1) is 0 Å². The van der Waals surface area contributed by atoms with Gasteiger partial charge in [0, 0.05) is 6.54 Å². The summed E-state index contributed by atoms with van der Waals surface area (Å²) in [5.41, 5.74) is 5.46. The number of thiophene rings is 1. The Kier molecular flexibility index (Phi) is 3.46. The van der Waals surface area contributed by atoms with Crippen molar-refractivity contribution in [2.75, 3.05) is 6.61 Å². The Labute approximate surface area is 112 Å². The molecule has 0 radical (unpaired) electrons. The molecule has 1 atom stereocenters. The van der Waals surface area contributed by atoms with E-state index in [1.54, 1.807) is 11.3 Å². The molecule has 0 saturated heterocycles. The second-order valence-corrected chi connectivity index (χ2v) is 5.47. The first-order valence-electron chi connectivity index (χ1n) is 6.25. The summed E-state index contributed by atoms with van der Waals surface area (Å²) in [6.45, 7) is 4.59. The van der Waals surface area contributed by atoms with Crippen molar-refractivity contribution in [3.05, 3.63) is 57.3 Å². The summed E-state index contributed by atoms with van der Waals surface area (Å²) >= 11 is 1.77. The van der Waals surface area contributed by atoms with E-state index >= 15 is 0 Å². The third kappa shape index (κ3) is 2.34. The first-order chi connectivity index (χ1) is 8.84. The van der Waals surface area contributed by atoms with Gasteiger partial charge in [-0.25, -0.2) is 0 Å². The standard InChI is InChI=1S/C15H17NOS/c1-11-9-18-10-13(11)6-16-15-8-17-7-12-4-2-3-5-14(12)15/h2-5,9-10,15-16H,6-8H2,1H3. The van der Waals surface area contributed by atoms with E-state index in [9.17, 15) is 0 Å². The maximum Gasteiger partial charge on any atom is 0.0721 e. The molecule has 0 bridgehead atoms. The van der Waals surface area contributed by atoms with Crippen molar-refractivity contribution in [2.24, 2.45) is 0 Å². The third-order valence-corrected chi connectivity index (χ3v) is 4.38. The van der Waals surface area contributed by atoms with Crippen LogP contribution in [-0.2, 0) is 17.9 Å². The van der Waals surface area contributed by atoms with Gasteiger partial charge in [-0.2, -0.15) is 11.3 Å². The SMILES string of the molecule is Cc1cscc1CNC1COCc2ccccc21. The molecule has 3 rings (SSSR count). The number of benzene rings is 1. The van der Waals surface area contributed by atoms with E-state index in [1.807, 2.05) is 0 Å². The average Bonchev–Trinajstić information content (AvgIpc) is 2.82. The van der Waals surface area contributed by atoms with E-state index in [4.69, 9.17) is 4.74 Å². The van der Waals surface area contributed by atoms with Gasteiger partial charge in [0.2, 0.25) is 0 Å². The van der Waals surface area contributed by atoms with Crippen LogP contribution in [-0.4, -0.2) is 6.61 Å². The molecule has 2 heterocycles. The van der Waals surface area contributed by atoms with Gasteiger partial charge in [-0.05, 0) is 39.9 Å². The Bertz CT molecular complexity index is 535. The highest BCUT2D eigenvalue weighted by Gasteiger charge is 2.19. The Morgan fingerprint density at radius 1 is 1.33 bits per heavy atom. The predicted octanol–water partition coefficient (Wildman–Crippen LogP) is 3.42. The highest BCUT2D eigenvalue weighted by molar-refractivity contribution is 7.08. The van der Waals surface area contributed by atoms with Gasteiger partial charge >= 0.3 is 0 Å². The summed E-state index contributed by atoms with van der Waals surface area (Å²) in [7, 11) is 0. The lowest BCUT2D eigenvalue weighted by Gasteiger charge is -2.26. The van der Waals surface area contributed by atoms with Crippen LogP contribution in [0.15, 0.2) is 35.0 Å². The van der Waals surface area contributed by atoms with E-state index in [1.165, 1.54) is 22.3 Å². The van der Waals surface area contributed by atoms with Gasteiger partial charge in [0.15, 0.2) is 0 Å². The van der Waals surface area contributed by atoms with Crippen LogP contribution in [0.5, 0.6) is 0 Å². The van der Waals surface area contributed by atoms with Crippen LogP contribution in [0.25, 0.3) is 0 Å². The second-order valence-electron chi connectivity index (χ2n) is 4.73. The molecule has 3 heteroatoms. The number of hydrogen-bond acceptors (Lipinski definition) is 3. The molecule has 18 heavy (non-hydrogen) atoms. The van der Waals surface area contributed by atoms with E-state index in [0.717, 1.165) is 19.8 Å². The fraction of sp³-hybridized carbons (Fsp3) is 0.333. The van der Waals surface area contributed by atoms with Gasteiger partial charge in [-0.1, -0.05) is 24.3 Å². The molecule has 2 nitrogen and oxygen atoms in total. The maximum atomic E-state index is 5.65. The van der Waals surface area contributed by atoms with Crippen LogP contribution < -0.4 is 5.32 Å². The monoisotopic (exact) mass is 259 g/mol. The molecular formula is C15H17NOS. The van der Waals surface area contributed by atoms with E-state index in [0.29, 0.717) is 6.04 Å². The van der Waals surface area contributed by atoms with Gasteiger partial charge in [-0.3, -0.25) is 0 Å². The molecule has 1 aromatic carbocycles. The predicted molar refractivity (Wildman–Crippen MR) is 74.7 cm³/mol. The minimum Gasteiger partial charge on any atom is -0.375 e. The first kappa shape index (κ1) is 11.9. The molecule has 1 aromatic heterocycles. The number of nitrogens with one attached hydrogen (secondary N) is 1. The zero-order valence-corrected chi connectivity index (χ0v) is 11.3. The van der Waals surface area contributed by atoms with Crippen LogP contribution in [0, 0.1) is 6.92 Å². The summed E-state index contributed by atoms with van der Waals surface area (Å²) < 4.78 is 5.65. The topological polar surface area (TPSA) is 21.3 Å². The Balaban J connectivity index is 1.73. The number of hydrogen-bond donors (Lipinski definition) is 1. The van der Waals surface area contributed by atoms with Gasteiger partial charge < -0.3 is 10.1 Å². The molecule has 2 aromatic rings. The molecule has 1 unspecified atom stereocenters. The fourth-order valence-electron chi connectivity index (χ4n) is 2.35. The molecule has 94 valence electrons. The zero-order chi connectivity index (χ0) is 12.4. The Hall–Kier alpha value is -1.16. The van der Waals surface area contributed by atoms with Crippen molar-refractivity contribution in [1.82, 2.24) is 5.32 Å². The van der Waals surface area contributed by atoms with Crippen molar-refractivity contribution >= 4 is 11.3 Å². The summed E-state index contributed by atoms with van der Waals surface area (Å²) in [6.07, 6.45) is 0. The largest absolute Gasteiger partial charge is 0.375 e. The van der Waals surface area contributed by atoms with Crippen molar-refractivity contribution in [3.63, 3.8) is 0 Å². The highest BCUT2D eigenvalue weighted by atomic mass is 32.1. The molecule has 1 aliphatic rings. The Morgan fingerprint density at radius 2 is 2.22 bits per heavy atom. The molecule has 0 spiro atoms. The molecule has 0 amide bonds. The minimum absolute atomic E-state index is 0.314. The third-order valence-electron chi connectivity index (χ3n) is 3.47. The normalized spacial score (nSPS) is 18.6. The lowest BCUT2D eigenvalue weighted by atomic mass is 9.99. The van der Waals surface area contributed by atoms with E-state index in [-0.39, 0.29) is 0 Å². The molecule has 1 aliphatic heterocycles. The summed E-state index contributed by atoms with van der Waals surface area (Å²) in [4.78, 5) is 0. The fourth-order valence-corrected chi connectivity index (χ4v) is 3.21. The van der Waals surface area contributed by atoms with Crippen LogP contribution in [0.3, 0.4) is 0 Å². The lowest BCUT2D eigenvalue weighted by Crippen LogP contribution is -2.29. The second kappa shape index (κ2) is 5.22. The zero-order valence-electron chi connectivity index (χ0n) is 10.5. The van der Waals surface area contributed by atoms with Crippen LogP contribution in [0.2, 0.25) is 0 Å². The number of ether oxygens (including phenoxy) is 1. The number of rotatable bonds is 3. The van der Waals surface area contributed by atoms with Gasteiger partial charge in [0.1, 0.15) is 0 Å². The number of fused-ring (bicyclic) bond motifs is 1. The highest BCUT2D eigenvalue weighted by Crippen LogP contribution is 2.25. The molecule has 1 N–H and O–H groups in total. The summed E-state index contributed by atoms with van der Waals surface area (Å²) in [5.74, 6) is 0. The van der Waals surface area contributed by atoms with Crippen molar-refractivity contribution < 1.29 is 4.74 Å². The smallest absolute Gasteiger partial charge is 0.0721 e. The van der Waals surface area contributed by atoms with Crippen molar-refractivity contribution in [3.8, 4) is 0 Å². The minimum atomic E-state index is 0.314. The molecule has 0 fully saturated rings. The van der Waals surface area contributed by atoms with Crippen molar-refractivity contribution in [1.29, 1.82) is 0 Å². The van der Waals surface area contributed by atoms with Gasteiger partial charge in [0.25, 0.3) is 0 Å². The maximum absolute atomic E-state index is 5.65. The molecular weight excluding hydrogens is 242 g/mol. The van der Waals surface area contributed by atoms with Crippen LogP contribution in [0.1, 0.15) is 28.3 Å². The van der Waals surface area contributed by atoms with Crippen LogP contribution >= 0.6 is 11.3 Å². The first-order valence-corrected chi connectivity index (χ1v) is 7.19. The number of aryl methyl sites for hydroxylation is 1.